The molecule has 3 aromatic rings. The van der Waals surface area contributed by atoms with Crippen LogP contribution in [-0.4, -0.2) is 43.8 Å². The van der Waals surface area contributed by atoms with Gasteiger partial charge in [0.05, 0.1) is 10.6 Å². The fourth-order valence-corrected chi connectivity index (χ4v) is 5.65. The second kappa shape index (κ2) is 12.5. The van der Waals surface area contributed by atoms with Crippen LogP contribution in [0.25, 0.3) is 0 Å². The van der Waals surface area contributed by atoms with E-state index in [4.69, 9.17) is 0 Å². The molecule has 39 heavy (non-hydrogen) atoms. The molecule has 8 heteroatoms. The summed E-state index contributed by atoms with van der Waals surface area (Å²) < 4.78 is 29.0. The van der Waals surface area contributed by atoms with Crippen LogP contribution in [0.15, 0.2) is 71.6 Å². The number of aryl methyl sites for hydroxylation is 4. The maximum absolute atomic E-state index is 14.0. The van der Waals surface area contributed by atoms with Crippen molar-refractivity contribution in [2.75, 3.05) is 10.8 Å². The summed E-state index contributed by atoms with van der Waals surface area (Å²) in [6.45, 7) is 12.8. The molecular weight excluding hydrogens is 510 g/mol. The largest absolute Gasteiger partial charge is 0.352 e. The number of anilines is 1. The van der Waals surface area contributed by atoms with E-state index in [9.17, 15) is 18.0 Å². The van der Waals surface area contributed by atoms with Crippen LogP contribution in [0.2, 0.25) is 0 Å². The van der Waals surface area contributed by atoms with Crippen molar-refractivity contribution in [3.8, 4) is 0 Å². The van der Waals surface area contributed by atoms with E-state index in [1.807, 2.05) is 71.9 Å². The first-order valence-corrected chi connectivity index (χ1v) is 14.6. The van der Waals surface area contributed by atoms with Gasteiger partial charge in [0.1, 0.15) is 12.6 Å². The summed E-state index contributed by atoms with van der Waals surface area (Å²) in [4.78, 5) is 28.5. The Morgan fingerprint density at radius 2 is 1.49 bits per heavy atom. The number of hydrogen-bond acceptors (Lipinski definition) is 4. The number of carbonyl (C=O) groups is 2. The van der Waals surface area contributed by atoms with Crippen LogP contribution in [-0.2, 0) is 26.2 Å². The first-order chi connectivity index (χ1) is 18.3. The lowest BCUT2D eigenvalue weighted by molar-refractivity contribution is -0.139. The standard InChI is InChI=1S/C31H39N3O4S/c1-21(2)32-31(36)26(7)33(19-27-10-8-9-23(4)17-27)30(35)20-34(28-14-13-24(5)25(6)18-28)39(37,38)29-15-11-22(3)12-16-29/h8-18,21,26H,19-20H2,1-7H3,(H,32,36)/t26-/m0/s1. The molecule has 7 nitrogen and oxygen atoms in total. The van der Waals surface area contributed by atoms with Crippen molar-refractivity contribution in [2.24, 2.45) is 0 Å². The third-order valence-electron chi connectivity index (χ3n) is 6.70. The minimum atomic E-state index is -4.09. The van der Waals surface area contributed by atoms with Crippen LogP contribution in [0.3, 0.4) is 0 Å². The van der Waals surface area contributed by atoms with Gasteiger partial charge in [-0.15, -0.1) is 0 Å². The van der Waals surface area contributed by atoms with Crippen molar-refractivity contribution >= 4 is 27.5 Å². The summed E-state index contributed by atoms with van der Waals surface area (Å²) >= 11 is 0. The lowest BCUT2D eigenvalue weighted by Gasteiger charge is -2.32. The van der Waals surface area contributed by atoms with Crippen molar-refractivity contribution in [3.63, 3.8) is 0 Å². The molecule has 0 unspecified atom stereocenters. The van der Waals surface area contributed by atoms with Gasteiger partial charge in [-0.2, -0.15) is 0 Å². The molecule has 3 aromatic carbocycles. The Morgan fingerprint density at radius 3 is 2.08 bits per heavy atom. The van der Waals surface area contributed by atoms with Crippen LogP contribution in [0.4, 0.5) is 5.69 Å². The molecule has 0 aliphatic rings. The predicted molar refractivity (Wildman–Crippen MR) is 156 cm³/mol. The number of benzene rings is 3. The van der Waals surface area contributed by atoms with Crippen LogP contribution in [0, 0.1) is 27.7 Å². The lowest BCUT2D eigenvalue weighted by Crippen LogP contribution is -2.52. The number of amides is 2. The zero-order chi connectivity index (χ0) is 28.9. The monoisotopic (exact) mass is 549 g/mol. The summed E-state index contributed by atoms with van der Waals surface area (Å²) in [5.41, 5.74) is 5.12. The fraction of sp³-hybridized carbons (Fsp3) is 0.355. The number of hydrogen-bond donors (Lipinski definition) is 1. The Hall–Kier alpha value is -3.65. The minimum Gasteiger partial charge on any atom is -0.352 e. The van der Waals surface area contributed by atoms with E-state index in [0.29, 0.717) is 5.69 Å². The van der Waals surface area contributed by atoms with E-state index >= 15 is 0 Å². The molecule has 0 fully saturated rings. The molecule has 0 saturated heterocycles. The van der Waals surface area contributed by atoms with Crippen molar-refractivity contribution in [1.82, 2.24) is 10.2 Å². The molecule has 0 aliphatic heterocycles. The third kappa shape index (κ3) is 7.47. The number of sulfonamides is 1. The Kier molecular flexibility index (Phi) is 9.56. The summed E-state index contributed by atoms with van der Waals surface area (Å²) in [5.74, 6) is -0.776. The molecule has 0 aliphatic carbocycles. The van der Waals surface area contributed by atoms with Crippen LogP contribution < -0.4 is 9.62 Å². The number of nitrogens with one attached hydrogen (secondary N) is 1. The van der Waals surface area contributed by atoms with Gasteiger partial charge in [-0.1, -0.05) is 53.6 Å². The molecule has 1 N–H and O–H groups in total. The molecule has 1 atom stereocenters. The molecule has 0 saturated carbocycles. The maximum atomic E-state index is 14.0. The van der Waals surface area contributed by atoms with Gasteiger partial charge in [0.2, 0.25) is 11.8 Å². The lowest BCUT2D eigenvalue weighted by atomic mass is 10.1. The van der Waals surface area contributed by atoms with Crippen molar-refractivity contribution in [2.45, 2.75) is 72.0 Å². The topological polar surface area (TPSA) is 86.8 Å². The van der Waals surface area contributed by atoms with Crippen LogP contribution >= 0.6 is 0 Å². The highest BCUT2D eigenvalue weighted by Crippen LogP contribution is 2.27. The highest BCUT2D eigenvalue weighted by molar-refractivity contribution is 7.92. The quantitative estimate of drug-likeness (QED) is 0.383. The highest BCUT2D eigenvalue weighted by Gasteiger charge is 2.32. The summed E-state index contributed by atoms with van der Waals surface area (Å²) in [5, 5.41) is 2.87. The van der Waals surface area contributed by atoms with Gasteiger partial charge in [-0.25, -0.2) is 8.42 Å². The van der Waals surface area contributed by atoms with Gasteiger partial charge in [0, 0.05) is 12.6 Å². The van der Waals surface area contributed by atoms with Crippen LogP contribution in [0.1, 0.15) is 48.6 Å². The number of carbonyl (C=O) groups excluding carboxylic acids is 2. The van der Waals surface area contributed by atoms with Gasteiger partial charge in [0.25, 0.3) is 10.0 Å². The molecule has 208 valence electrons. The molecule has 0 heterocycles. The maximum Gasteiger partial charge on any atom is 0.264 e. The van der Waals surface area contributed by atoms with Gasteiger partial charge in [-0.3, -0.25) is 13.9 Å². The second-order valence-corrected chi connectivity index (χ2v) is 12.3. The third-order valence-corrected chi connectivity index (χ3v) is 8.49. The zero-order valence-corrected chi connectivity index (χ0v) is 24.7. The average Bonchev–Trinajstić information content (AvgIpc) is 2.87. The van der Waals surface area contributed by atoms with E-state index in [0.717, 1.165) is 32.1 Å². The number of rotatable bonds is 10. The van der Waals surface area contributed by atoms with E-state index in [1.54, 1.807) is 43.3 Å². The van der Waals surface area contributed by atoms with E-state index in [-0.39, 0.29) is 23.4 Å². The van der Waals surface area contributed by atoms with Gasteiger partial charge >= 0.3 is 0 Å². The predicted octanol–water partition coefficient (Wildman–Crippen LogP) is 5.06. The Morgan fingerprint density at radius 1 is 0.821 bits per heavy atom. The van der Waals surface area contributed by atoms with E-state index < -0.39 is 28.5 Å². The minimum absolute atomic E-state index is 0.0926. The smallest absolute Gasteiger partial charge is 0.264 e. The van der Waals surface area contributed by atoms with Gasteiger partial charge in [-0.05, 0) is 89.4 Å². The SMILES string of the molecule is Cc1ccc(S(=O)(=O)N(CC(=O)N(Cc2cccc(C)c2)[C@@H](C)C(=O)NC(C)C)c2ccc(C)c(C)c2)cc1. The molecule has 0 bridgehead atoms. The molecule has 0 radical (unpaired) electrons. The normalized spacial score (nSPS) is 12.2. The van der Waals surface area contributed by atoms with Crippen molar-refractivity contribution in [3.05, 3.63) is 94.5 Å². The first-order valence-electron chi connectivity index (χ1n) is 13.1. The Balaban J connectivity index is 2.06. The first kappa shape index (κ1) is 29.9. The van der Waals surface area contributed by atoms with E-state index in [2.05, 4.69) is 5.32 Å². The summed E-state index contributed by atoms with van der Waals surface area (Å²) in [6, 6.07) is 18.7. The molecule has 0 aromatic heterocycles. The molecule has 2 amide bonds. The van der Waals surface area contributed by atoms with E-state index in [1.165, 1.54) is 4.90 Å². The summed E-state index contributed by atoms with van der Waals surface area (Å²) in [7, 11) is -4.09. The number of nitrogens with zero attached hydrogens (tertiary/aromatic N) is 2. The molecule has 3 rings (SSSR count). The Bertz CT molecular complexity index is 1430. The zero-order valence-electron chi connectivity index (χ0n) is 23.9. The van der Waals surface area contributed by atoms with Gasteiger partial charge < -0.3 is 10.2 Å². The molecule has 0 spiro atoms. The highest BCUT2D eigenvalue weighted by atomic mass is 32.2. The fourth-order valence-electron chi connectivity index (χ4n) is 4.24. The van der Waals surface area contributed by atoms with Crippen LogP contribution in [0.5, 0.6) is 0 Å². The van der Waals surface area contributed by atoms with Crippen molar-refractivity contribution < 1.29 is 18.0 Å². The molecular formula is C31H39N3O4S. The van der Waals surface area contributed by atoms with Gasteiger partial charge in [0.15, 0.2) is 0 Å². The second-order valence-electron chi connectivity index (χ2n) is 10.4. The van der Waals surface area contributed by atoms with Crippen molar-refractivity contribution in [1.29, 1.82) is 0 Å². The average molecular weight is 550 g/mol. The summed E-state index contributed by atoms with van der Waals surface area (Å²) in [6.07, 6.45) is 0. The Labute approximate surface area is 232 Å².